The lowest BCUT2D eigenvalue weighted by molar-refractivity contribution is -0.132. The molecular formula is C26H36N4O4. The van der Waals surface area contributed by atoms with E-state index in [-0.39, 0.29) is 23.3 Å². The third-order valence-corrected chi connectivity index (χ3v) is 7.55. The van der Waals surface area contributed by atoms with E-state index in [9.17, 15) is 9.59 Å². The molecule has 0 bridgehead atoms. The van der Waals surface area contributed by atoms with Crippen molar-refractivity contribution < 1.29 is 19.2 Å². The van der Waals surface area contributed by atoms with Crippen LogP contribution in [-0.2, 0) is 4.79 Å². The van der Waals surface area contributed by atoms with Crippen molar-refractivity contribution >= 4 is 17.6 Å². The van der Waals surface area contributed by atoms with Crippen molar-refractivity contribution in [2.75, 3.05) is 24.5 Å². The van der Waals surface area contributed by atoms with Crippen molar-refractivity contribution in [1.29, 1.82) is 0 Å². The largest absolute Gasteiger partial charge is 0.459 e. The molecule has 8 nitrogen and oxygen atoms in total. The molecule has 1 saturated heterocycles. The Morgan fingerprint density at radius 3 is 2.59 bits per heavy atom. The van der Waals surface area contributed by atoms with Crippen LogP contribution in [0, 0.1) is 12.3 Å². The molecule has 1 saturated carbocycles. The summed E-state index contributed by atoms with van der Waals surface area (Å²) in [6, 6.07) is 7.36. The van der Waals surface area contributed by atoms with Crippen LogP contribution in [0.2, 0.25) is 0 Å². The summed E-state index contributed by atoms with van der Waals surface area (Å²) in [6.07, 6.45) is 12.0. The van der Waals surface area contributed by atoms with Gasteiger partial charge in [-0.1, -0.05) is 25.3 Å². The smallest absolute Gasteiger partial charge is 0.295 e. The molecule has 0 radical (unpaired) electrons. The zero-order chi connectivity index (χ0) is 24.0. The monoisotopic (exact) mass is 468 g/mol. The lowest BCUT2D eigenvalue weighted by Gasteiger charge is -2.41. The fourth-order valence-electron chi connectivity index (χ4n) is 5.57. The normalized spacial score (nSPS) is 19.0. The molecule has 34 heavy (non-hydrogen) atoms. The number of amides is 2. The fourth-order valence-corrected chi connectivity index (χ4v) is 5.57. The van der Waals surface area contributed by atoms with Crippen molar-refractivity contribution in [2.45, 2.75) is 70.8 Å². The van der Waals surface area contributed by atoms with Gasteiger partial charge in [-0.05, 0) is 74.8 Å². The van der Waals surface area contributed by atoms with Gasteiger partial charge in [0.15, 0.2) is 5.76 Å². The van der Waals surface area contributed by atoms with Crippen LogP contribution < -0.4 is 10.4 Å². The molecule has 0 aromatic carbocycles. The number of aromatic nitrogens is 1. The molecule has 1 aliphatic heterocycles. The number of nitrogens with one attached hydrogen (secondary N) is 1. The number of hydrogen-bond acceptors (Lipinski definition) is 6. The van der Waals surface area contributed by atoms with Crippen molar-refractivity contribution in [1.82, 2.24) is 15.4 Å². The predicted molar refractivity (Wildman–Crippen MR) is 129 cm³/mol. The summed E-state index contributed by atoms with van der Waals surface area (Å²) in [5.74, 6) is 0.544. The second-order valence-corrected chi connectivity index (χ2v) is 9.94. The van der Waals surface area contributed by atoms with Gasteiger partial charge in [-0.25, -0.2) is 10.5 Å². The Bertz CT molecular complexity index is 930. The maximum atomic E-state index is 13.3. The molecular weight excluding hydrogens is 432 g/mol. The molecule has 184 valence electrons. The lowest BCUT2D eigenvalue weighted by Crippen LogP contribution is -2.48. The number of hydrogen-bond donors (Lipinski definition) is 2. The van der Waals surface area contributed by atoms with Gasteiger partial charge in [0, 0.05) is 31.7 Å². The molecule has 2 N–H and O–H groups in total. The molecule has 0 spiro atoms. The summed E-state index contributed by atoms with van der Waals surface area (Å²) in [6.45, 7) is 4.69. The van der Waals surface area contributed by atoms with E-state index in [0.717, 1.165) is 70.1 Å². The minimum absolute atomic E-state index is 0.0188. The number of aryl methyl sites for hydroxylation is 1. The van der Waals surface area contributed by atoms with Gasteiger partial charge >= 0.3 is 0 Å². The van der Waals surface area contributed by atoms with Crippen LogP contribution in [0.25, 0.3) is 0 Å². The van der Waals surface area contributed by atoms with E-state index in [1.165, 1.54) is 12.7 Å². The maximum absolute atomic E-state index is 13.3. The Morgan fingerprint density at radius 2 is 1.97 bits per heavy atom. The number of furan rings is 1. The van der Waals surface area contributed by atoms with Crippen LogP contribution in [0.3, 0.4) is 0 Å². The highest BCUT2D eigenvalue weighted by Gasteiger charge is 2.36. The number of likely N-dealkylation sites (tertiary alicyclic amines) is 1. The highest BCUT2D eigenvalue weighted by Crippen LogP contribution is 2.42. The predicted octanol–water partition coefficient (Wildman–Crippen LogP) is 4.33. The molecule has 2 aromatic rings. The Kier molecular flexibility index (Phi) is 8.00. The van der Waals surface area contributed by atoms with Crippen LogP contribution in [0.5, 0.6) is 0 Å². The Hall–Kier alpha value is -2.71. The van der Waals surface area contributed by atoms with Crippen LogP contribution in [0.1, 0.15) is 73.9 Å². The first-order valence-corrected chi connectivity index (χ1v) is 12.4. The zero-order valence-electron chi connectivity index (χ0n) is 20.0. The van der Waals surface area contributed by atoms with Crippen LogP contribution in [0.15, 0.2) is 41.1 Å². The van der Waals surface area contributed by atoms with Crippen LogP contribution in [0.4, 0.5) is 5.82 Å². The van der Waals surface area contributed by atoms with Gasteiger partial charge in [0.2, 0.25) is 5.91 Å². The Morgan fingerprint density at radius 1 is 1.21 bits per heavy atom. The van der Waals surface area contributed by atoms with Gasteiger partial charge in [-0.15, -0.1) is 0 Å². The number of nitrogens with zero attached hydrogens (tertiary/aromatic N) is 3. The van der Waals surface area contributed by atoms with E-state index in [0.29, 0.717) is 18.0 Å². The first kappa shape index (κ1) is 24.4. The molecule has 0 unspecified atom stereocenters. The van der Waals surface area contributed by atoms with Gasteiger partial charge in [-0.2, -0.15) is 0 Å². The number of carbonyl (C=O) groups excluding carboxylic acids is 2. The number of anilines is 1. The second-order valence-electron chi connectivity index (χ2n) is 9.94. The van der Waals surface area contributed by atoms with Gasteiger partial charge in [-0.3, -0.25) is 19.7 Å². The second kappa shape index (κ2) is 11.1. The van der Waals surface area contributed by atoms with Crippen molar-refractivity contribution in [3.8, 4) is 0 Å². The minimum atomic E-state index is -0.279. The SMILES string of the molecule is Cc1ccc(N(C(=O)c2ccco2)C2CCN(CCC3(CC(=O)NO)CCCCC3)CC2)nc1. The number of pyridine rings is 1. The zero-order valence-corrected chi connectivity index (χ0v) is 20.0. The molecule has 2 amide bonds. The van der Waals surface area contributed by atoms with Crippen molar-refractivity contribution in [2.24, 2.45) is 5.41 Å². The van der Waals surface area contributed by atoms with E-state index < -0.39 is 0 Å². The van der Waals surface area contributed by atoms with Gasteiger partial charge in [0.25, 0.3) is 5.91 Å². The standard InChI is InChI=1S/C26H36N4O4/c1-20-7-8-23(27-19-20)30(25(32)22-6-5-17-34-22)21-9-14-29(15-10-21)16-13-26(18-24(31)28-33)11-3-2-4-12-26/h5-8,17,19,21,33H,2-4,9-16,18H2,1H3,(H,28,31). The summed E-state index contributed by atoms with van der Waals surface area (Å²) in [5.41, 5.74) is 2.86. The summed E-state index contributed by atoms with van der Waals surface area (Å²) < 4.78 is 5.41. The molecule has 8 heteroatoms. The maximum Gasteiger partial charge on any atom is 0.295 e. The molecule has 2 aromatic heterocycles. The van der Waals surface area contributed by atoms with E-state index in [1.54, 1.807) is 23.2 Å². The first-order valence-electron chi connectivity index (χ1n) is 12.4. The fraction of sp³-hybridized carbons (Fsp3) is 0.577. The molecule has 1 aliphatic carbocycles. The average molecular weight is 469 g/mol. The van der Waals surface area contributed by atoms with Gasteiger partial charge in [0.1, 0.15) is 5.82 Å². The van der Waals surface area contributed by atoms with E-state index >= 15 is 0 Å². The highest BCUT2D eigenvalue weighted by atomic mass is 16.5. The molecule has 4 rings (SSSR count). The molecule has 3 heterocycles. The Labute approximate surface area is 201 Å². The summed E-state index contributed by atoms with van der Waals surface area (Å²) in [4.78, 5) is 34.0. The Balaban J connectivity index is 1.39. The molecule has 2 fully saturated rings. The van der Waals surface area contributed by atoms with Crippen molar-refractivity contribution in [3.63, 3.8) is 0 Å². The summed E-state index contributed by atoms with van der Waals surface area (Å²) in [7, 11) is 0. The van der Waals surface area contributed by atoms with Crippen molar-refractivity contribution in [3.05, 3.63) is 48.0 Å². The van der Waals surface area contributed by atoms with Gasteiger partial charge < -0.3 is 9.32 Å². The quantitative estimate of drug-likeness (QED) is 0.442. The van der Waals surface area contributed by atoms with E-state index in [1.807, 2.05) is 24.5 Å². The third kappa shape index (κ3) is 5.85. The van der Waals surface area contributed by atoms with Gasteiger partial charge in [0.05, 0.1) is 6.26 Å². The molecule has 0 atom stereocenters. The number of carbonyl (C=O) groups is 2. The topological polar surface area (TPSA) is 98.9 Å². The first-order chi connectivity index (χ1) is 16.5. The van der Waals surface area contributed by atoms with E-state index in [2.05, 4.69) is 9.88 Å². The number of piperidine rings is 1. The van der Waals surface area contributed by atoms with Crippen LogP contribution in [-0.4, -0.2) is 52.6 Å². The van der Waals surface area contributed by atoms with Crippen LogP contribution >= 0.6 is 0 Å². The average Bonchev–Trinajstić information content (AvgIpc) is 3.41. The third-order valence-electron chi connectivity index (χ3n) is 7.55. The molecule has 2 aliphatic rings. The summed E-state index contributed by atoms with van der Waals surface area (Å²) in [5, 5.41) is 9.05. The number of hydroxylamine groups is 1. The summed E-state index contributed by atoms with van der Waals surface area (Å²) >= 11 is 0. The van der Waals surface area contributed by atoms with E-state index in [4.69, 9.17) is 9.62 Å². The highest BCUT2D eigenvalue weighted by molar-refractivity contribution is 6.04. The number of rotatable bonds is 8. The lowest BCUT2D eigenvalue weighted by atomic mass is 9.69. The minimum Gasteiger partial charge on any atom is -0.459 e.